The molecule has 0 atom stereocenters. The Balaban J connectivity index is 2.30. The van der Waals surface area contributed by atoms with E-state index in [1.807, 2.05) is 0 Å². The molecule has 23 valence electrons. The van der Waals surface area contributed by atoms with Crippen LogP contribution in [0.15, 0.2) is 12.8 Å². The first-order valence-electron chi connectivity index (χ1n) is 0.811. The van der Waals surface area contributed by atoms with Gasteiger partial charge in [-0.2, -0.15) is 0 Å². The predicted molar refractivity (Wildman–Crippen MR) is 12.0 cm³/mol. The van der Waals surface area contributed by atoms with E-state index in [1.165, 1.54) is 0 Å². The number of hydrogen-bond donors (Lipinski definition) is 0. The Hall–Kier alpha value is -0.500. The fourth-order valence-corrected chi connectivity index (χ4v) is 0. The van der Waals surface area contributed by atoms with Crippen molar-refractivity contribution in [1.82, 2.24) is 0 Å². The third-order valence-corrected chi connectivity index (χ3v) is 0.0680. The van der Waals surface area contributed by atoms with Gasteiger partial charge in [0.05, 0.1) is 0 Å². The van der Waals surface area contributed by atoms with Crippen molar-refractivity contribution < 1.29 is 10.1 Å². The van der Waals surface area contributed by atoms with Gasteiger partial charge in [-0.3, -0.25) is 0 Å². The van der Waals surface area contributed by atoms with Crippen molar-refractivity contribution in [3.8, 4) is 0 Å². The van der Waals surface area contributed by atoms with E-state index in [-0.39, 0.29) is 0 Å². The summed E-state index contributed by atoms with van der Waals surface area (Å²) in [5, 5.41) is 8.68. The summed E-state index contributed by atoms with van der Waals surface area (Å²) in [7, 11) is 0. The van der Waals surface area contributed by atoms with Crippen molar-refractivity contribution in [1.29, 1.82) is 0 Å². The van der Waals surface area contributed by atoms with Crippen LogP contribution in [0.2, 0.25) is 0 Å². The molecule has 0 aliphatic heterocycles. The lowest BCUT2D eigenvalue weighted by molar-refractivity contribution is -0.253. The average molecular weight is 59.0 g/mol. The highest BCUT2D eigenvalue weighted by Crippen LogP contribution is 1.53. The minimum Gasteiger partial charge on any atom is -0.314 e. The van der Waals surface area contributed by atoms with Crippen LogP contribution in [-0.2, 0) is 10.1 Å². The van der Waals surface area contributed by atoms with Crippen LogP contribution in [0, 0.1) is 0 Å². The molecule has 0 aromatic rings. The van der Waals surface area contributed by atoms with Crippen molar-refractivity contribution in [2.75, 3.05) is 0 Å². The average Bonchev–Trinajstić information content (AvgIpc) is 1.37. The van der Waals surface area contributed by atoms with Crippen LogP contribution in [0.3, 0.4) is 0 Å². The monoisotopic (exact) mass is 59.0 g/mol. The summed E-state index contributed by atoms with van der Waals surface area (Å²) in [4.78, 5) is 3.06. The van der Waals surface area contributed by atoms with Crippen molar-refractivity contribution in [2.24, 2.45) is 0 Å². The molecule has 0 fully saturated rings. The second kappa shape index (κ2) is 2.50. The zero-order chi connectivity index (χ0) is 3.41. The van der Waals surface area contributed by atoms with Gasteiger partial charge in [0.25, 0.3) is 0 Å². The third kappa shape index (κ3) is 1.50. The highest BCUT2D eigenvalue weighted by molar-refractivity contribution is 4.40. The number of rotatable bonds is 1. The maximum atomic E-state index is 8.68. The molecule has 0 bridgehead atoms. The Morgan fingerprint density at radius 3 is 2.25 bits per heavy atom. The molecule has 4 heavy (non-hydrogen) atoms. The van der Waals surface area contributed by atoms with E-state index in [9.17, 15) is 0 Å². The fourth-order valence-electron chi connectivity index (χ4n) is 0. The highest BCUT2D eigenvalue weighted by atomic mass is 17.1. The van der Waals surface area contributed by atoms with Crippen LogP contribution in [0.5, 0.6) is 0 Å². The molecule has 0 aliphatic rings. The minimum atomic E-state index is 0.819. The maximum Gasteiger partial charge on any atom is 0.125 e. The molecule has 0 rings (SSSR count). The molecule has 2 heteroatoms. The molecule has 0 saturated heterocycles. The minimum absolute atomic E-state index is 0.819. The Bertz CT molecular complexity index is 18.0. The largest absolute Gasteiger partial charge is 0.314 e. The molecule has 0 unspecified atom stereocenters. The Morgan fingerprint density at radius 2 is 2.25 bits per heavy atom. The van der Waals surface area contributed by atoms with Crippen LogP contribution in [0.25, 0.3) is 0 Å². The highest BCUT2D eigenvalue weighted by Gasteiger charge is 1.43. The topological polar surface area (TPSA) is 29.1 Å². The molecule has 0 N–H and O–H groups in total. The van der Waals surface area contributed by atoms with Gasteiger partial charge in [0.2, 0.25) is 0 Å². The molecule has 0 saturated carbocycles. The zero-order valence-corrected chi connectivity index (χ0v) is 2.10. The predicted octanol–water partition coefficient (Wildman–Crippen LogP) is 0.492. The SMILES string of the molecule is C=CO[O]. The molecule has 1 radical (unpaired) electrons. The normalized spacial score (nSPS) is 5.25. The van der Waals surface area contributed by atoms with E-state index in [1.54, 1.807) is 0 Å². The van der Waals surface area contributed by atoms with Crippen LogP contribution in [0.4, 0.5) is 0 Å². The second-order valence-corrected chi connectivity index (χ2v) is 0.263. The van der Waals surface area contributed by atoms with E-state index in [4.69, 9.17) is 5.26 Å². The fraction of sp³-hybridized carbons (Fsp3) is 0. The van der Waals surface area contributed by atoms with Crippen molar-refractivity contribution in [3.05, 3.63) is 12.8 Å². The molecule has 0 amide bonds. The molecule has 0 aromatic carbocycles. The molecule has 0 aliphatic carbocycles. The first-order chi connectivity index (χ1) is 1.91. The second-order valence-electron chi connectivity index (χ2n) is 0.263. The summed E-state index contributed by atoms with van der Waals surface area (Å²) in [6.07, 6.45) is 0.819. The molecule has 0 heterocycles. The molecular formula is C2H3O2. The lowest BCUT2D eigenvalue weighted by atomic mass is 11.2. The molecule has 0 spiro atoms. The zero-order valence-electron chi connectivity index (χ0n) is 2.10. The lowest BCUT2D eigenvalue weighted by Crippen LogP contribution is -1.51. The van der Waals surface area contributed by atoms with Crippen LogP contribution < -0.4 is 0 Å². The number of hydrogen-bond acceptors (Lipinski definition) is 1. The summed E-state index contributed by atoms with van der Waals surface area (Å²) in [5.41, 5.74) is 0. The van der Waals surface area contributed by atoms with Gasteiger partial charge < -0.3 is 4.89 Å². The third-order valence-electron chi connectivity index (χ3n) is 0.0680. The van der Waals surface area contributed by atoms with Crippen LogP contribution >= 0.6 is 0 Å². The molecule has 0 aromatic heterocycles. The summed E-state index contributed by atoms with van der Waals surface area (Å²) in [5.74, 6) is 0. The van der Waals surface area contributed by atoms with Crippen LogP contribution in [0.1, 0.15) is 0 Å². The van der Waals surface area contributed by atoms with E-state index in [0.717, 1.165) is 6.26 Å². The maximum absolute atomic E-state index is 8.68. The smallest absolute Gasteiger partial charge is 0.125 e. The van der Waals surface area contributed by atoms with Gasteiger partial charge in [0.15, 0.2) is 0 Å². The van der Waals surface area contributed by atoms with Gasteiger partial charge >= 0.3 is 0 Å². The van der Waals surface area contributed by atoms with E-state index in [2.05, 4.69) is 11.5 Å². The first-order valence-corrected chi connectivity index (χ1v) is 0.811. The van der Waals surface area contributed by atoms with Gasteiger partial charge in [-0.05, 0) is 0 Å². The van der Waals surface area contributed by atoms with E-state index < -0.39 is 0 Å². The Kier molecular flexibility index (Phi) is 2.19. The Labute approximate surface area is 24.3 Å². The summed E-state index contributed by atoms with van der Waals surface area (Å²) in [6, 6.07) is 0. The quantitative estimate of drug-likeness (QED) is 0.245. The standard InChI is InChI=1S/C2H3O2/c1-2-4-3/h2H,1H2. The van der Waals surface area contributed by atoms with Crippen molar-refractivity contribution in [3.63, 3.8) is 0 Å². The van der Waals surface area contributed by atoms with Gasteiger partial charge in [0.1, 0.15) is 6.26 Å². The summed E-state index contributed by atoms with van der Waals surface area (Å²) < 4.78 is 0. The van der Waals surface area contributed by atoms with Gasteiger partial charge in [-0.15, -0.1) is 0 Å². The van der Waals surface area contributed by atoms with Gasteiger partial charge in [-0.25, -0.2) is 0 Å². The summed E-state index contributed by atoms with van der Waals surface area (Å²) >= 11 is 0. The van der Waals surface area contributed by atoms with E-state index >= 15 is 0 Å². The first kappa shape index (κ1) is 3.50. The lowest BCUT2D eigenvalue weighted by Gasteiger charge is -1.62. The van der Waals surface area contributed by atoms with Crippen molar-refractivity contribution in [2.45, 2.75) is 0 Å². The van der Waals surface area contributed by atoms with Crippen LogP contribution in [-0.4, -0.2) is 0 Å². The Morgan fingerprint density at radius 1 is 2.00 bits per heavy atom. The van der Waals surface area contributed by atoms with Gasteiger partial charge in [0, 0.05) is 5.26 Å². The van der Waals surface area contributed by atoms with E-state index in [0.29, 0.717) is 0 Å². The van der Waals surface area contributed by atoms with Gasteiger partial charge in [-0.1, -0.05) is 6.58 Å². The molecular weight excluding hydrogens is 56.0 g/mol. The van der Waals surface area contributed by atoms with Crippen molar-refractivity contribution >= 4 is 0 Å². The molecule has 2 nitrogen and oxygen atoms in total. The summed E-state index contributed by atoms with van der Waals surface area (Å²) in [6.45, 7) is 2.94.